The number of carbonyl (C=O) groups is 1. The molecule has 86 valence electrons. The van der Waals surface area contributed by atoms with E-state index in [2.05, 4.69) is 5.32 Å². The zero-order valence-electron chi connectivity index (χ0n) is 9.14. The predicted octanol–water partition coefficient (Wildman–Crippen LogP) is 1.83. The Kier molecular flexibility index (Phi) is 4.72. The molecule has 0 saturated carbocycles. The van der Waals surface area contributed by atoms with Crippen LogP contribution in [0.1, 0.15) is 6.92 Å². The van der Waals surface area contributed by atoms with Crippen molar-refractivity contribution in [2.75, 3.05) is 18.4 Å². The smallest absolute Gasteiger partial charge is 0.322 e. The Morgan fingerprint density at radius 3 is 2.56 bits per heavy atom. The van der Waals surface area contributed by atoms with Crippen molar-refractivity contribution in [2.24, 2.45) is 5.73 Å². The molecule has 0 atom stereocenters. The fraction of sp³-hybridized carbons (Fsp3) is 0.273. The molecule has 0 radical (unpaired) electrons. The number of urea groups is 1. The van der Waals surface area contributed by atoms with E-state index >= 15 is 0 Å². The number of nitrogens with one attached hydrogen (secondary N) is 1. The van der Waals surface area contributed by atoms with Gasteiger partial charge in [-0.25, -0.2) is 4.79 Å². The molecule has 1 aromatic carbocycles. The van der Waals surface area contributed by atoms with E-state index in [-0.39, 0.29) is 6.03 Å². The van der Waals surface area contributed by atoms with Crippen LogP contribution in [0.15, 0.2) is 30.3 Å². The number of anilines is 1. The summed E-state index contributed by atoms with van der Waals surface area (Å²) in [6.45, 7) is 2.74. The molecule has 4 nitrogen and oxygen atoms in total. The van der Waals surface area contributed by atoms with Crippen LogP contribution in [0, 0.1) is 0 Å². The first kappa shape index (κ1) is 12.4. The summed E-state index contributed by atoms with van der Waals surface area (Å²) in [6, 6.07) is 9.07. The third-order valence-corrected chi connectivity index (χ3v) is 2.17. The van der Waals surface area contributed by atoms with Crippen LogP contribution in [0.3, 0.4) is 0 Å². The lowest BCUT2D eigenvalue weighted by Gasteiger charge is -2.20. The van der Waals surface area contributed by atoms with Gasteiger partial charge < -0.3 is 16.0 Å². The average Bonchev–Trinajstić information content (AvgIpc) is 2.26. The van der Waals surface area contributed by atoms with Crippen molar-refractivity contribution in [1.82, 2.24) is 4.90 Å². The van der Waals surface area contributed by atoms with E-state index in [9.17, 15) is 4.79 Å². The summed E-state index contributed by atoms with van der Waals surface area (Å²) in [5.74, 6) is 0. The summed E-state index contributed by atoms with van der Waals surface area (Å²) in [6.07, 6.45) is 0. The van der Waals surface area contributed by atoms with Crippen molar-refractivity contribution < 1.29 is 4.79 Å². The Labute approximate surface area is 100 Å². The van der Waals surface area contributed by atoms with Gasteiger partial charge in [0, 0.05) is 12.2 Å². The number of nitrogens with zero attached hydrogens (tertiary/aromatic N) is 1. The molecule has 3 N–H and O–H groups in total. The molecule has 0 saturated heterocycles. The van der Waals surface area contributed by atoms with Crippen LogP contribution < -0.4 is 11.1 Å². The second-order valence-electron chi connectivity index (χ2n) is 3.28. The van der Waals surface area contributed by atoms with Crippen molar-refractivity contribution in [3.8, 4) is 0 Å². The molecular weight excluding hydrogens is 222 g/mol. The number of rotatable bonds is 4. The second kappa shape index (κ2) is 6.07. The topological polar surface area (TPSA) is 58.4 Å². The number of carbonyl (C=O) groups excluding carboxylic acids is 1. The molecule has 0 unspecified atom stereocenters. The number of para-hydroxylation sites is 1. The first-order chi connectivity index (χ1) is 7.63. The molecule has 0 aromatic heterocycles. The van der Waals surface area contributed by atoms with Crippen molar-refractivity contribution in [3.63, 3.8) is 0 Å². The average molecular weight is 237 g/mol. The van der Waals surface area contributed by atoms with Crippen LogP contribution in [0.4, 0.5) is 10.5 Å². The fourth-order valence-electron chi connectivity index (χ4n) is 1.24. The Bertz CT molecular complexity index is 367. The predicted molar refractivity (Wildman–Crippen MR) is 69.5 cm³/mol. The van der Waals surface area contributed by atoms with E-state index in [4.69, 9.17) is 18.0 Å². The zero-order chi connectivity index (χ0) is 12.0. The van der Waals surface area contributed by atoms with Crippen LogP contribution in [-0.2, 0) is 0 Å². The monoisotopic (exact) mass is 237 g/mol. The molecule has 0 heterocycles. The minimum Gasteiger partial charge on any atom is -0.392 e. The number of hydrogen-bond donors (Lipinski definition) is 2. The fourth-order valence-corrected chi connectivity index (χ4v) is 1.40. The summed E-state index contributed by atoms with van der Waals surface area (Å²) >= 11 is 4.78. The molecule has 0 aliphatic heterocycles. The number of benzene rings is 1. The molecular formula is C11H15N3OS. The Hall–Kier alpha value is -1.62. The molecule has 2 amide bonds. The van der Waals surface area contributed by atoms with Gasteiger partial charge in [-0.15, -0.1) is 0 Å². The van der Waals surface area contributed by atoms with Gasteiger partial charge in [0.05, 0.1) is 11.5 Å². The molecule has 5 heteroatoms. The molecule has 1 aromatic rings. The van der Waals surface area contributed by atoms with Crippen molar-refractivity contribution >= 4 is 28.9 Å². The van der Waals surface area contributed by atoms with Gasteiger partial charge >= 0.3 is 6.03 Å². The first-order valence-corrected chi connectivity index (χ1v) is 5.43. The Balaban J connectivity index is 2.59. The lowest BCUT2D eigenvalue weighted by Crippen LogP contribution is -2.40. The standard InChI is InChI=1S/C11H15N3OS/c1-2-14(8-10(12)16)11(15)13-9-6-4-3-5-7-9/h3-7H,2,8H2,1H3,(H2,12,16)(H,13,15). The molecule has 0 fully saturated rings. The summed E-state index contributed by atoms with van der Waals surface area (Å²) in [5, 5.41) is 2.77. The van der Waals surface area contributed by atoms with Gasteiger partial charge in [0.25, 0.3) is 0 Å². The molecule has 0 bridgehead atoms. The van der Waals surface area contributed by atoms with Gasteiger partial charge in [-0.05, 0) is 19.1 Å². The van der Waals surface area contributed by atoms with Gasteiger partial charge in [-0.2, -0.15) is 0 Å². The van der Waals surface area contributed by atoms with E-state index in [0.29, 0.717) is 18.1 Å². The van der Waals surface area contributed by atoms with Crippen LogP contribution in [0.5, 0.6) is 0 Å². The normalized spacial score (nSPS) is 9.56. The highest BCUT2D eigenvalue weighted by Crippen LogP contribution is 2.06. The van der Waals surface area contributed by atoms with Gasteiger partial charge in [0.1, 0.15) is 0 Å². The highest BCUT2D eigenvalue weighted by molar-refractivity contribution is 7.80. The SMILES string of the molecule is CCN(CC(N)=S)C(=O)Nc1ccccc1. The zero-order valence-corrected chi connectivity index (χ0v) is 9.96. The number of nitrogens with two attached hydrogens (primary N) is 1. The summed E-state index contributed by atoms with van der Waals surface area (Å²) in [4.78, 5) is 13.6. The maximum Gasteiger partial charge on any atom is 0.322 e. The van der Waals surface area contributed by atoms with Crippen LogP contribution in [-0.4, -0.2) is 29.0 Å². The summed E-state index contributed by atoms with van der Waals surface area (Å²) < 4.78 is 0. The van der Waals surface area contributed by atoms with E-state index in [1.807, 2.05) is 37.3 Å². The van der Waals surface area contributed by atoms with Crippen molar-refractivity contribution in [3.05, 3.63) is 30.3 Å². The highest BCUT2D eigenvalue weighted by Gasteiger charge is 2.11. The largest absolute Gasteiger partial charge is 0.392 e. The van der Waals surface area contributed by atoms with Crippen LogP contribution in [0.25, 0.3) is 0 Å². The highest BCUT2D eigenvalue weighted by atomic mass is 32.1. The van der Waals surface area contributed by atoms with Crippen LogP contribution >= 0.6 is 12.2 Å². The number of hydrogen-bond acceptors (Lipinski definition) is 2. The maximum atomic E-state index is 11.8. The third-order valence-electron chi connectivity index (χ3n) is 2.04. The molecule has 16 heavy (non-hydrogen) atoms. The third kappa shape index (κ3) is 3.86. The molecule has 0 aliphatic rings. The second-order valence-corrected chi connectivity index (χ2v) is 3.80. The van der Waals surface area contributed by atoms with Crippen LogP contribution in [0.2, 0.25) is 0 Å². The maximum absolute atomic E-state index is 11.8. The quantitative estimate of drug-likeness (QED) is 0.785. The Morgan fingerprint density at radius 1 is 1.44 bits per heavy atom. The van der Waals surface area contributed by atoms with Gasteiger partial charge in [0.15, 0.2) is 0 Å². The minimum atomic E-state index is -0.193. The van der Waals surface area contributed by atoms with Gasteiger partial charge in [-0.1, -0.05) is 30.4 Å². The lowest BCUT2D eigenvalue weighted by molar-refractivity contribution is 0.221. The molecule has 1 rings (SSSR count). The minimum absolute atomic E-state index is 0.193. The van der Waals surface area contributed by atoms with E-state index in [0.717, 1.165) is 5.69 Å². The van der Waals surface area contributed by atoms with Gasteiger partial charge in [-0.3, -0.25) is 0 Å². The van der Waals surface area contributed by atoms with Crippen molar-refractivity contribution in [2.45, 2.75) is 6.92 Å². The van der Waals surface area contributed by atoms with E-state index in [1.54, 1.807) is 4.90 Å². The molecule has 0 aliphatic carbocycles. The number of amides is 2. The lowest BCUT2D eigenvalue weighted by atomic mass is 10.3. The summed E-state index contributed by atoms with van der Waals surface area (Å²) in [5.41, 5.74) is 6.17. The Morgan fingerprint density at radius 2 is 2.06 bits per heavy atom. The number of thiocarbonyl (C=S) groups is 1. The van der Waals surface area contributed by atoms with E-state index < -0.39 is 0 Å². The summed E-state index contributed by atoms with van der Waals surface area (Å²) in [7, 11) is 0. The first-order valence-electron chi connectivity index (χ1n) is 5.02. The van der Waals surface area contributed by atoms with Crippen molar-refractivity contribution in [1.29, 1.82) is 0 Å². The van der Waals surface area contributed by atoms with Gasteiger partial charge in [0.2, 0.25) is 0 Å². The number of likely N-dealkylation sites (N-methyl/N-ethyl adjacent to an activating group) is 1. The molecule has 0 spiro atoms. The van der Waals surface area contributed by atoms with E-state index in [1.165, 1.54) is 0 Å².